The Labute approximate surface area is 118 Å². The van der Waals surface area contributed by atoms with Crippen LogP contribution in [0.15, 0.2) is 36.5 Å². The molecule has 0 saturated heterocycles. The summed E-state index contributed by atoms with van der Waals surface area (Å²) in [5, 5.41) is 0.634. The average Bonchev–Trinajstić information content (AvgIpc) is 2.84. The first-order chi connectivity index (χ1) is 9.63. The zero-order valence-corrected chi connectivity index (χ0v) is 11.5. The molecule has 0 N–H and O–H groups in total. The molecule has 6 heteroatoms. The Balaban J connectivity index is 1.92. The summed E-state index contributed by atoms with van der Waals surface area (Å²) in [7, 11) is 1.85. The van der Waals surface area contributed by atoms with Gasteiger partial charge in [0.25, 0.3) is 0 Å². The molecule has 102 valence electrons. The van der Waals surface area contributed by atoms with Gasteiger partial charge in [-0.05, 0) is 18.2 Å². The van der Waals surface area contributed by atoms with E-state index < -0.39 is 11.6 Å². The Kier molecular flexibility index (Phi) is 3.31. The molecular weight excluding hydrogens is 280 g/mol. The molecular formula is C14H11F2N3S. The molecule has 0 fully saturated rings. The smallest absolute Gasteiger partial charge is 0.186 e. The molecule has 0 unspecified atom stereocenters. The van der Waals surface area contributed by atoms with E-state index in [1.165, 1.54) is 17.4 Å². The predicted octanol–water partition coefficient (Wildman–Crippen LogP) is 3.61. The Morgan fingerprint density at radius 1 is 1.25 bits per heavy atom. The van der Waals surface area contributed by atoms with Gasteiger partial charge in [0.2, 0.25) is 0 Å². The van der Waals surface area contributed by atoms with Gasteiger partial charge in [0.05, 0.1) is 16.9 Å². The van der Waals surface area contributed by atoms with E-state index in [0.29, 0.717) is 16.4 Å². The second-order valence-corrected chi connectivity index (χ2v) is 5.42. The maximum atomic E-state index is 13.6. The first-order valence-corrected chi connectivity index (χ1v) is 6.82. The number of aromatic nitrogens is 2. The zero-order chi connectivity index (χ0) is 14.1. The highest BCUT2D eigenvalue weighted by molar-refractivity contribution is 7.22. The number of fused-ring (bicyclic) bond motifs is 1. The fourth-order valence-electron chi connectivity index (χ4n) is 1.91. The number of thiazole rings is 1. The summed E-state index contributed by atoms with van der Waals surface area (Å²) in [4.78, 5) is 10.3. The van der Waals surface area contributed by atoms with Gasteiger partial charge < -0.3 is 4.90 Å². The molecule has 2 heterocycles. The van der Waals surface area contributed by atoms with E-state index in [1.807, 2.05) is 30.1 Å². The van der Waals surface area contributed by atoms with Gasteiger partial charge in [0.15, 0.2) is 10.9 Å². The van der Waals surface area contributed by atoms with Crippen molar-refractivity contribution in [3.05, 3.63) is 53.9 Å². The standard InChI is InChI=1S/C14H11F2N3S/c1-19(8-10-4-2-3-5-17-10)14-18-13-11(16)6-9(15)7-12(13)20-14/h2-7H,8H2,1H3. The summed E-state index contributed by atoms with van der Waals surface area (Å²) in [6.07, 6.45) is 1.72. The van der Waals surface area contributed by atoms with Crippen LogP contribution in [0, 0.1) is 11.6 Å². The highest BCUT2D eigenvalue weighted by Gasteiger charge is 2.13. The molecule has 0 radical (unpaired) electrons. The first kappa shape index (κ1) is 12.9. The van der Waals surface area contributed by atoms with Gasteiger partial charge in [-0.3, -0.25) is 4.98 Å². The largest absolute Gasteiger partial charge is 0.345 e. The predicted molar refractivity (Wildman–Crippen MR) is 75.9 cm³/mol. The average molecular weight is 291 g/mol. The monoisotopic (exact) mass is 291 g/mol. The van der Waals surface area contributed by atoms with E-state index in [2.05, 4.69) is 9.97 Å². The second kappa shape index (κ2) is 5.13. The molecule has 0 aliphatic heterocycles. The van der Waals surface area contributed by atoms with Crippen molar-refractivity contribution in [1.29, 1.82) is 0 Å². The number of rotatable bonds is 3. The Morgan fingerprint density at radius 2 is 2.10 bits per heavy atom. The maximum absolute atomic E-state index is 13.6. The molecule has 0 amide bonds. The molecule has 3 rings (SSSR count). The lowest BCUT2D eigenvalue weighted by molar-refractivity contribution is 0.591. The van der Waals surface area contributed by atoms with Gasteiger partial charge in [-0.15, -0.1) is 0 Å². The molecule has 0 saturated carbocycles. The van der Waals surface area contributed by atoms with E-state index in [-0.39, 0.29) is 5.52 Å². The summed E-state index contributed by atoms with van der Waals surface area (Å²) in [6, 6.07) is 7.81. The number of anilines is 1. The van der Waals surface area contributed by atoms with Crippen LogP contribution in [-0.2, 0) is 6.54 Å². The van der Waals surface area contributed by atoms with Gasteiger partial charge >= 0.3 is 0 Å². The highest BCUT2D eigenvalue weighted by Crippen LogP contribution is 2.30. The fourth-order valence-corrected chi connectivity index (χ4v) is 2.88. The van der Waals surface area contributed by atoms with Gasteiger partial charge in [-0.1, -0.05) is 17.4 Å². The molecule has 0 aliphatic rings. The van der Waals surface area contributed by atoms with Crippen molar-refractivity contribution in [2.45, 2.75) is 6.54 Å². The van der Waals surface area contributed by atoms with Crippen molar-refractivity contribution < 1.29 is 8.78 Å². The number of pyridine rings is 1. The van der Waals surface area contributed by atoms with E-state index in [0.717, 1.165) is 11.8 Å². The number of benzene rings is 1. The van der Waals surface area contributed by atoms with E-state index in [4.69, 9.17) is 0 Å². The van der Waals surface area contributed by atoms with Gasteiger partial charge in [-0.2, -0.15) is 0 Å². The Bertz CT molecular complexity index is 743. The molecule has 0 atom stereocenters. The highest BCUT2D eigenvalue weighted by atomic mass is 32.1. The number of hydrogen-bond acceptors (Lipinski definition) is 4. The van der Waals surface area contributed by atoms with E-state index in [1.54, 1.807) is 6.20 Å². The minimum atomic E-state index is -0.631. The van der Waals surface area contributed by atoms with Crippen molar-refractivity contribution >= 4 is 26.7 Å². The summed E-state index contributed by atoms with van der Waals surface area (Å²) in [6.45, 7) is 0.560. The molecule has 20 heavy (non-hydrogen) atoms. The Morgan fingerprint density at radius 3 is 2.85 bits per heavy atom. The fraction of sp³-hybridized carbons (Fsp3) is 0.143. The molecule has 3 nitrogen and oxygen atoms in total. The van der Waals surface area contributed by atoms with Crippen LogP contribution in [0.3, 0.4) is 0 Å². The normalized spacial score (nSPS) is 10.9. The third kappa shape index (κ3) is 2.46. The summed E-state index contributed by atoms with van der Waals surface area (Å²) in [5.41, 5.74) is 1.10. The van der Waals surface area contributed by atoms with Crippen molar-refractivity contribution in [2.24, 2.45) is 0 Å². The summed E-state index contributed by atoms with van der Waals surface area (Å²) >= 11 is 1.26. The van der Waals surface area contributed by atoms with Crippen LogP contribution in [0.4, 0.5) is 13.9 Å². The number of hydrogen-bond donors (Lipinski definition) is 0. The quantitative estimate of drug-likeness (QED) is 0.738. The van der Waals surface area contributed by atoms with Crippen LogP contribution in [0.25, 0.3) is 10.2 Å². The Hall–Kier alpha value is -2.08. The molecule has 0 aliphatic carbocycles. The third-order valence-electron chi connectivity index (χ3n) is 2.85. The van der Waals surface area contributed by atoms with Crippen molar-refractivity contribution in [1.82, 2.24) is 9.97 Å². The summed E-state index contributed by atoms with van der Waals surface area (Å²) < 4.78 is 27.3. The van der Waals surface area contributed by atoms with Crippen molar-refractivity contribution in [3.8, 4) is 0 Å². The molecule has 2 aromatic heterocycles. The molecule has 0 bridgehead atoms. The lowest BCUT2D eigenvalue weighted by atomic mass is 10.3. The van der Waals surface area contributed by atoms with E-state index in [9.17, 15) is 8.78 Å². The second-order valence-electron chi connectivity index (χ2n) is 4.41. The maximum Gasteiger partial charge on any atom is 0.186 e. The first-order valence-electron chi connectivity index (χ1n) is 6.00. The lowest BCUT2D eigenvalue weighted by Gasteiger charge is -2.14. The third-order valence-corrected chi connectivity index (χ3v) is 3.97. The SMILES string of the molecule is CN(Cc1ccccn1)c1nc2c(F)cc(F)cc2s1. The lowest BCUT2D eigenvalue weighted by Crippen LogP contribution is -2.16. The van der Waals surface area contributed by atoms with E-state index >= 15 is 0 Å². The topological polar surface area (TPSA) is 29.0 Å². The van der Waals surface area contributed by atoms with Crippen LogP contribution < -0.4 is 4.90 Å². The van der Waals surface area contributed by atoms with Crippen LogP contribution >= 0.6 is 11.3 Å². The van der Waals surface area contributed by atoms with Gasteiger partial charge in [-0.25, -0.2) is 13.8 Å². The summed E-state index contributed by atoms with van der Waals surface area (Å²) in [5.74, 6) is -1.22. The van der Waals surface area contributed by atoms with Crippen LogP contribution in [0.1, 0.15) is 5.69 Å². The van der Waals surface area contributed by atoms with Crippen molar-refractivity contribution in [2.75, 3.05) is 11.9 Å². The molecule has 1 aromatic carbocycles. The minimum Gasteiger partial charge on any atom is -0.345 e. The van der Waals surface area contributed by atoms with Crippen LogP contribution in [-0.4, -0.2) is 17.0 Å². The minimum absolute atomic E-state index is 0.208. The molecule has 0 spiro atoms. The zero-order valence-electron chi connectivity index (χ0n) is 10.7. The van der Waals surface area contributed by atoms with Crippen molar-refractivity contribution in [3.63, 3.8) is 0 Å². The van der Waals surface area contributed by atoms with Gasteiger partial charge in [0.1, 0.15) is 11.3 Å². The molecule has 3 aromatic rings. The number of nitrogens with zero attached hydrogens (tertiary/aromatic N) is 3. The number of halogens is 2. The van der Waals surface area contributed by atoms with Crippen LogP contribution in [0.2, 0.25) is 0 Å². The van der Waals surface area contributed by atoms with Crippen LogP contribution in [0.5, 0.6) is 0 Å². The van der Waals surface area contributed by atoms with Gasteiger partial charge in [0, 0.05) is 19.3 Å².